The summed E-state index contributed by atoms with van der Waals surface area (Å²) in [6.07, 6.45) is 0.297. The Balaban J connectivity index is 0.00000242. The maximum atomic E-state index is 12.4. The lowest BCUT2D eigenvalue weighted by Crippen LogP contribution is -2.51. The van der Waals surface area contributed by atoms with E-state index in [0.717, 1.165) is 0 Å². The average Bonchev–Trinajstić information content (AvgIpc) is 2.47. The number of hydrogen-bond donors (Lipinski definition) is 1. The largest absolute Gasteiger partial charge is 0.340 e. The lowest BCUT2D eigenvalue weighted by atomic mass is 10.2. The van der Waals surface area contributed by atoms with Gasteiger partial charge < -0.3 is 10.6 Å². The molecule has 2 rings (SSSR count). The van der Waals surface area contributed by atoms with Gasteiger partial charge in [0.25, 0.3) is 0 Å². The van der Waals surface area contributed by atoms with Crippen molar-refractivity contribution in [3.05, 3.63) is 30.3 Å². The Morgan fingerprint density at radius 1 is 1.18 bits per heavy atom. The highest BCUT2D eigenvalue weighted by Gasteiger charge is 2.29. The van der Waals surface area contributed by atoms with E-state index >= 15 is 0 Å². The Labute approximate surface area is 137 Å². The van der Waals surface area contributed by atoms with E-state index in [1.807, 2.05) is 0 Å². The number of rotatable bonds is 4. The molecule has 1 unspecified atom stereocenters. The van der Waals surface area contributed by atoms with Crippen molar-refractivity contribution in [1.82, 2.24) is 9.21 Å². The molecule has 0 saturated carbocycles. The van der Waals surface area contributed by atoms with Gasteiger partial charge in [0.05, 0.1) is 4.90 Å². The first-order valence-electron chi connectivity index (χ1n) is 7.00. The van der Waals surface area contributed by atoms with E-state index in [-0.39, 0.29) is 24.4 Å². The number of sulfonamides is 1. The normalized spacial score (nSPS) is 17.6. The van der Waals surface area contributed by atoms with E-state index in [0.29, 0.717) is 37.5 Å². The molecule has 6 nitrogen and oxygen atoms in total. The molecule has 1 fully saturated rings. The number of nitrogens with two attached hydrogens (primary N) is 1. The van der Waals surface area contributed by atoms with Crippen LogP contribution < -0.4 is 5.73 Å². The van der Waals surface area contributed by atoms with Crippen LogP contribution in [0.4, 0.5) is 0 Å². The Morgan fingerprint density at radius 2 is 1.73 bits per heavy atom. The Kier molecular flexibility index (Phi) is 6.80. The number of carbonyl (C=O) groups excluding carboxylic acids is 1. The molecule has 8 heteroatoms. The molecule has 124 valence electrons. The molecule has 1 heterocycles. The van der Waals surface area contributed by atoms with Crippen molar-refractivity contribution in [1.29, 1.82) is 0 Å². The Bertz CT molecular complexity index is 585. The topological polar surface area (TPSA) is 83.7 Å². The van der Waals surface area contributed by atoms with Crippen molar-refractivity contribution in [3.63, 3.8) is 0 Å². The molecule has 2 N–H and O–H groups in total. The number of carbonyl (C=O) groups is 1. The first kappa shape index (κ1) is 18.9. The van der Waals surface area contributed by atoms with Crippen LogP contribution in [-0.4, -0.2) is 55.8 Å². The lowest BCUT2D eigenvalue weighted by Gasteiger charge is -2.34. The summed E-state index contributed by atoms with van der Waals surface area (Å²) in [6.45, 7) is 3.26. The van der Waals surface area contributed by atoms with Crippen molar-refractivity contribution in [2.24, 2.45) is 5.73 Å². The molecule has 1 aliphatic heterocycles. The van der Waals surface area contributed by atoms with Gasteiger partial charge in [-0.2, -0.15) is 4.31 Å². The van der Waals surface area contributed by atoms with E-state index in [9.17, 15) is 13.2 Å². The van der Waals surface area contributed by atoms with E-state index < -0.39 is 10.0 Å². The van der Waals surface area contributed by atoms with Crippen molar-refractivity contribution in [3.8, 4) is 0 Å². The van der Waals surface area contributed by atoms with Crippen molar-refractivity contribution < 1.29 is 13.2 Å². The number of benzene rings is 1. The molecule has 1 saturated heterocycles. The summed E-state index contributed by atoms with van der Waals surface area (Å²) >= 11 is 0. The first-order chi connectivity index (χ1) is 9.91. The fraction of sp³-hybridized carbons (Fsp3) is 0.500. The number of hydrogen-bond acceptors (Lipinski definition) is 4. The van der Waals surface area contributed by atoms with Crippen LogP contribution in [0.5, 0.6) is 0 Å². The summed E-state index contributed by atoms with van der Waals surface area (Å²) < 4.78 is 26.3. The summed E-state index contributed by atoms with van der Waals surface area (Å²) in [6, 6.07) is 8.18. The summed E-state index contributed by atoms with van der Waals surface area (Å²) in [7, 11) is -3.46. The molecule has 1 atom stereocenters. The molecule has 1 aliphatic rings. The SMILES string of the molecule is CC(N)CC(=O)N1CCN(S(=O)(=O)c2ccccc2)CC1.Cl. The van der Waals surface area contributed by atoms with Crippen molar-refractivity contribution in [2.45, 2.75) is 24.3 Å². The molecule has 0 aliphatic carbocycles. The summed E-state index contributed by atoms with van der Waals surface area (Å²) in [5.74, 6) is -0.0123. The number of halogens is 1. The molecular weight excluding hydrogens is 326 g/mol. The van der Waals surface area contributed by atoms with Crippen LogP contribution in [0.25, 0.3) is 0 Å². The van der Waals surface area contributed by atoms with Gasteiger partial charge in [0.15, 0.2) is 0 Å². The second-order valence-electron chi connectivity index (χ2n) is 5.28. The van der Waals surface area contributed by atoms with Gasteiger partial charge in [-0.3, -0.25) is 4.79 Å². The standard InChI is InChI=1S/C14H21N3O3S.ClH/c1-12(15)11-14(18)16-7-9-17(10-8-16)21(19,20)13-5-3-2-4-6-13;/h2-6,12H,7-11,15H2,1H3;1H. The van der Waals surface area contributed by atoms with Gasteiger partial charge in [0.1, 0.15) is 0 Å². The maximum Gasteiger partial charge on any atom is 0.243 e. The van der Waals surface area contributed by atoms with E-state index in [4.69, 9.17) is 5.73 Å². The highest BCUT2D eigenvalue weighted by Crippen LogP contribution is 2.17. The van der Waals surface area contributed by atoms with Gasteiger partial charge in [-0.1, -0.05) is 18.2 Å². The maximum absolute atomic E-state index is 12.4. The molecule has 0 bridgehead atoms. The average molecular weight is 348 g/mol. The zero-order valence-corrected chi connectivity index (χ0v) is 14.1. The van der Waals surface area contributed by atoms with Gasteiger partial charge in [-0.05, 0) is 19.1 Å². The third kappa shape index (κ3) is 4.42. The molecule has 0 radical (unpaired) electrons. The minimum atomic E-state index is -3.46. The number of nitrogens with zero attached hydrogens (tertiary/aromatic N) is 2. The molecule has 1 aromatic rings. The highest BCUT2D eigenvalue weighted by molar-refractivity contribution is 7.89. The fourth-order valence-corrected chi connectivity index (χ4v) is 3.77. The first-order valence-corrected chi connectivity index (χ1v) is 8.44. The fourth-order valence-electron chi connectivity index (χ4n) is 2.32. The molecule has 1 aromatic carbocycles. The van der Waals surface area contributed by atoms with Crippen LogP contribution in [0.3, 0.4) is 0 Å². The predicted molar refractivity (Wildman–Crippen MR) is 87.3 cm³/mol. The molecule has 0 aromatic heterocycles. The molecule has 1 amide bonds. The minimum absolute atomic E-state index is 0. The monoisotopic (exact) mass is 347 g/mol. The van der Waals surface area contributed by atoms with Crippen molar-refractivity contribution in [2.75, 3.05) is 26.2 Å². The lowest BCUT2D eigenvalue weighted by molar-refractivity contribution is -0.132. The van der Waals surface area contributed by atoms with Crippen LogP contribution in [0.15, 0.2) is 35.2 Å². The zero-order valence-electron chi connectivity index (χ0n) is 12.5. The van der Waals surface area contributed by atoms with Crippen molar-refractivity contribution >= 4 is 28.3 Å². The van der Waals surface area contributed by atoms with Crippen LogP contribution >= 0.6 is 12.4 Å². The second kappa shape index (κ2) is 7.92. The van der Waals surface area contributed by atoms with Crippen LogP contribution in [-0.2, 0) is 14.8 Å². The molecular formula is C14H22ClN3O3S. The van der Waals surface area contributed by atoms with Crippen LogP contribution in [0.2, 0.25) is 0 Å². The highest BCUT2D eigenvalue weighted by atomic mass is 35.5. The van der Waals surface area contributed by atoms with E-state index in [1.54, 1.807) is 42.2 Å². The van der Waals surface area contributed by atoms with Gasteiger partial charge in [-0.15, -0.1) is 12.4 Å². The van der Waals surface area contributed by atoms with E-state index in [2.05, 4.69) is 0 Å². The van der Waals surface area contributed by atoms with E-state index in [1.165, 1.54) is 4.31 Å². The smallest absolute Gasteiger partial charge is 0.243 e. The Morgan fingerprint density at radius 3 is 2.23 bits per heavy atom. The molecule has 0 spiro atoms. The third-order valence-electron chi connectivity index (χ3n) is 3.47. The Hall–Kier alpha value is -1.15. The van der Waals surface area contributed by atoms with Gasteiger partial charge >= 0.3 is 0 Å². The zero-order chi connectivity index (χ0) is 15.5. The summed E-state index contributed by atoms with van der Waals surface area (Å²) in [5.41, 5.74) is 5.62. The van der Waals surface area contributed by atoms with Crippen LogP contribution in [0, 0.1) is 0 Å². The van der Waals surface area contributed by atoms with Gasteiger partial charge in [-0.25, -0.2) is 8.42 Å². The van der Waals surface area contributed by atoms with Gasteiger partial charge in [0.2, 0.25) is 15.9 Å². The minimum Gasteiger partial charge on any atom is -0.340 e. The van der Waals surface area contributed by atoms with Crippen LogP contribution in [0.1, 0.15) is 13.3 Å². The third-order valence-corrected chi connectivity index (χ3v) is 5.38. The molecule has 22 heavy (non-hydrogen) atoms. The number of piperazine rings is 1. The summed E-state index contributed by atoms with van der Waals surface area (Å²) in [4.78, 5) is 13.9. The van der Waals surface area contributed by atoms with Gasteiger partial charge in [0, 0.05) is 38.6 Å². The quantitative estimate of drug-likeness (QED) is 0.868. The number of amides is 1. The summed E-state index contributed by atoms with van der Waals surface area (Å²) in [5, 5.41) is 0. The second-order valence-corrected chi connectivity index (χ2v) is 7.22. The predicted octanol–water partition coefficient (Wildman–Crippen LogP) is 0.679.